The van der Waals surface area contributed by atoms with Gasteiger partial charge >= 0.3 is 5.97 Å². The number of ketones is 2. The van der Waals surface area contributed by atoms with Crippen molar-refractivity contribution in [3.05, 3.63) is 57.8 Å². The van der Waals surface area contributed by atoms with Crippen LogP contribution in [0, 0.1) is 6.92 Å². The lowest BCUT2D eigenvalue weighted by molar-refractivity contribution is 0.0526. The van der Waals surface area contributed by atoms with Crippen molar-refractivity contribution in [1.82, 2.24) is 0 Å². The van der Waals surface area contributed by atoms with Gasteiger partial charge in [0.05, 0.1) is 37.3 Å². The van der Waals surface area contributed by atoms with E-state index in [4.69, 9.17) is 18.6 Å². The van der Waals surface area contributed by atoms with Gasteiger partial charge in [-0.15, -0.1) is 0 Å². The molecule has 0 unspecified atom stereocenters. The van der Waals surface area contributed by atoms with Crippen LogP contribution >= 0.6 is 0 Å². The number of fused-ring (bicyclic) bond motifs is 3. The lowest BCUT2D eigenvalue weighted by Crippen LogP contribution is -2.23. The summed E-state index contributed by atoms with van der Waals surface area (Å²) in [6, 6.07) is 6.55. The molecule has 1 heterocycles. The van der Waals surface area contributed by atoms with Gasteiger partial charge in [0.15, 0.2) is 22.9 Å². The van der Waals surface area contributed by atoms with Crippen LogP contribution in [0.1, 0.15) is 54.9 Å². The fourth-order valence-corrected chi connectivity index (χ4v) is 3.82. The van der Waals surface area contributed by atoms with Crippen molar-refractivity contribution >= 4 is 28.5 Å². The van der Waals surface area contributed by atoms with E-state index in [0.717, 1.165) is 0 Å². The maximum Gasteiger partial charge on any atom is 0.342 e. The summed E-state index contributed by atoms with van der Waals surface area (Å²) in [5.74, 6) is -0.931. The molecule has 148 valence electrons. The molecule has 3 aromatic rings. The number of hydrogen-bond acceptors (Lipinski definition) is 7. The summed E-state index contributed by atoms with van der Waals surface area (Å²) >= 11 is 0. The molecule has 7 heteroatoms. The Hall–Kier alpha value is -3.61. The van der Waals surface area contributed by atoms with Crippen molar-refractivity contribution in [2.45, 2.75) is 13.8 Å². The van der Waals surface area contributed by atoms with Gasteiger partial charge in [-0.2, -0.15) is 0 Å². The molecule has 4 rings (SSSR count). The molecule has 0 atom stereocenters. The predicted molar refractivity (Wildman–Crippen MR) is 103 cm³/mol. The number of aryl methyl sites for hydroxylation is 1. The van der Waals surface area contributed by atoms with E-state index in [1.165, 1.54) is 14.2 Å². The Balaban J connectivity index is 2.18. The number of ether oxygens (including phenoxy) is 3. The third-order valence-corrected chi connectivity index (χ3v) is 4.98. The lowest BCUT2D eigenvalue weighted by Gasteiger charge is -2.22. The van der Waals surface area contributed by atoms with Gasteiger partial charge in [-0.3, -0.25) is 9.59 Å². The summed E-state index contributed by atoms with van der Waals surface area (Å²) in [5, 5.41) is 0.250. The summed E-state index contributed by atoms with van der Waals surface area (Å²) in [4.78, 5) is 39.2. The summed E-state index contributed by atoms with van der Waals surface area (Å²) in [5.41, 5.74) is 0.945. The first-order valence-electron chi connectivity index (χ1n) is 9.02. The smallest absolute Gasteiger partial charge is 0.342 e. The second-order valence-corrected chi connectivity index (χ2v) is 6.48. The highest BCUT2D eigenvalue weighted by molar-refractivity contribution is 6.33. The minimum atomic E-state index is -0.612. The van der Waals surface area contributed by atoms with Crippen LogP contribution in [0.15, 0.2) is 28.7 Å². The summed E-state index contributed by atoms with van der Waals surface area (Å²) in [6.07, 6.45) is 0. The molecule has 0 radical (unpaired) electrons. The summed E-state index contributed by atoms with van der Waals surface area (Å²) < 4.78 is 22.0. The lowest BCUT2D eigenvalue weighted by atomic mass is 9.82. The molecule has 0 bridgehead atoms. The topological polar surface area (TPSA) is 92.0 Å². The fourth-order valence-electron chi connectivity index (χ4n) is 3.82. The summed E-state index contributed by atoms with van der Waals surface area (Å²) in [7, 11) is 2.75. The van der Waals surface area contributed by atoms with Gasteiger partial charge in [0.1, 0.15) is 17.1 Å². The van der Waals surface area contributed by atoms with Gasteiger partial charge in [-0.1, -0.05) is 24.3 Å². The van der Waals surface area contributed by atoms with Crippen LogP contribution in [-0.2, 0) is 4.74 Å². The number of carbonyl (C=O) groups is 3. The number of methoxy groups -OCH3 is 2. The first-order chi connectivity index (χ1) is 14.0. The molecular formula is C22H18O7. The van der Waals surface area contributed by atoms with Crippen molar-refractivity contribution in [2.75, 3.05) is 20.8 Å². The Labute approximate surface area is 166 Å². The Morgan fingerprint density at radius 3 is 2.03 bits per heavy atom. The monoisotopic (exact) mass is 394 g/mol. The SMILES string of the molecule is CCOC(=O)c1c(C)oc2c(OC)c3c(c(OC)c12)C(=O)c1ccccc1C3=O. The van der Waals surface area contributed by atoms with Crippen molar-refractivity contribution < 1.29 is 33.0 Å². The average molecular weight is 394 g/mol. The van der Waals surface area contributed by atoms with Gasteiger partial charge < -0.3 is 18.6 Å². The Bertz CT molecular complexity index is 1200. The molecule has 0 saturated heterocycles. The van der Waals surface area contributed by atoms with Crippen LogP contribution < -0.4 is 9.47 Å². The average Bonchev–Trinajstić information content (AvgIpc) is 3.06. The third-order valence-electron chi connectivity index (χ3n) is 4.98. The first kappa shape index (κ1) is 18.7. The van der Waals surface area contributed by atoms with Crippen LogP contribution in [0.25, 0.3) is 11.0 Å². The van der Waals surface area contributed by atoms with E-state index in [1.807, 2.05) is 0 Å². The first-order valence-corrected chi connectivity index (χ1v) is 9.02. The van der Waals surface area contributed by atoms with E-state index >= 15 is 0 Å². The molecule has 29 heavy (non-hydrogen) atoms. The second-order valence-electron chi connectivity index (χ2n) is 6.48. The standard InChI is InChI=1S/C22H18O7/c1-5-28-22(25)13-10(2)29-21-16(13)19(26-3)14-15(20(21)27-4)18(24)12-9-7-6-8-11(12)17(14)23/h6-9H,5H2,1-4H3. The maximum absolute atomic E-state index is 13.3. The highest BCUT2D eigenvalue weighted by Crippen LogP contribution is 2.48. The normalized spacial score (nSPS) is 12.6. The zero-order chi connectivity index (χ0) is 20.9. The molecule has 0 fully saturated rings. The Kier molecular flexibility index (Phi) is 4.38. The second kappa shape index (κ2) is 6.77. The zero-order valence-electron chi connectivity index (χ0n) is 16.4. The number of benzene rings is 2. The van der Waals surface area contributed by atoms with Crippen LogP contribution in [0.2, 0.25) is 0 Å². The van der Waals surface area contributed by atoms with Crippen LogP contribution in [0.5, 0.6) is 11.5 Å². The van der Waals surface area contributed by atoms with Crippen molar-refractivity contribution in [3.63, 3.8) is 0 Å². The molecule has 1 aromatic heterocycles. The van der Waals surface area contributed by atoms with E-state index < -0.39 is 5.97 Å². The number of rotatable bonds is 4. The molecule has 1 aliphatic carbocycles. The number of esters is 1. The Morgan fingerprint density at radius 1 is 0.966 bits per heavy atom. The number of hydrogen-bond donors (Lipinski definition) is 0. The van der Waals surface area contributed by atoms with Crippen molar-refractivity contribution in [3.8, 4) is 11.5 Å². The number of carbonyl (C=O) groups excluding carboxylic acids is 3. The number of furan rings is 1. The quantitative estimate of drug-likeness (QED) is 0.487. The van der Waals surface area contributed by atoms with Gasteiger partial charge in [-0.25, -0.2) is 4.79 Å². The summed E-state index contributed by atoms with van der Waals surface area (Å²) in [6.45, 7) is 3.46. The molecule has 7 nitrogen and oxygen atoms in total. The Morgan fingerprint density at radius 2 is 1.52 bits per heavy atom. The van der Waals surface area contributed by atoms with Gasteiger partial charge in [0, 0.05) is 11.1 Å². The third kappa shape index (κ3) is 2.47. The van der Waals surface area contributed by atoms with Crippen molar-refractivity contribution in [2.24, 2.45) is 0 Å². The molecule has 0 aliphatic heterocycles. The van der Waals surface area contributed by atoms with Crippen molar-refractivity contribution in [1.29, 1.82) is 0 Å². The van der Waals surface area contributed by atoms with Gasteiger partial charge in [-0.05, 0) is 13.8 Å². The molecule has 0 amide bonds. The molecule has 0 saturated carbocycles. The molecule has 0 N–H and O–H groups in total. The molecular weight excluding hydrogens is 376 g/mol. The maximum atomic E-state index is 13.3. The largest absolute Gasteiger partial charge is 0.495 e. The predicted octanol–water partition coefficient (Wildman–Crippen LogP) is 3.71. The van der Waals surface area contributed by atoms with E-state index in [1.54, 1.807) is 38.1 Å². The highest BCUT2D eigenvalue weighted by Gasteiger charge is 2.40. The molecule has 0 spiro atoms. The van der Waals surface area contributed by atoms with E-state index in [9.17, 15) is 14.4 Å². The van der Waals surface area contributed by atoms with Crippen LogP contribution in [0.4, 0.5) is 0 Å². The van der Waals surface area contributed by atoms with E-state index in [0.29, 0.717) is 0 Å². The zero-order valence-corrected chi connectivity index (χ0v) is 16.4. The minimum absolute atomic E-state index is 0.0481. The van der Waals surface area contributed by atoms with E-state index in [2.05, 4.69) is 0 Å². The van der Waals surface area contributed by atoms with E-state index in [-0.39, 0.29) is 74.2 Å². The van der Waals surface area contributed by atoms with Crippen LogP contribution in [-0.4, -0.2) is 38.4 Å². The van der Waals surface area contributed by atoms with Crippen LogP contribution in [0.3, 0.4) is 0 Å². The van der Waals surface area contributed by atoms with Gasteiger partial charge in [0.2, 0.25) is 0 Å². The minimum Gasteiger partial charge on any atom is -0.495 e. The fraction of sp³-hybridized carbons (Fsp3) is 0.227. The molecule has 2 aromatic carbocycles. The van der Waals surface area contributed by atoms with Gasteiger partial charge in [0.25, 0.3) is 0 Å². The highest BCUT2D eigenvalue weighted by atomic mass is 16.5. The molecule has 1 aliphatic rings.